The molecule has 2 heterocycles. The lowest BCUT2D eigenvalue weighted by Crippen LogP contribution is -2.36. The van der Waals surface area contributed by atoms with Crippen LogP contribution < -0.4 is 10.7 Å². The number of hydrogen-bond acceptors (Lipinski definition) is 3. The number of H-pyrrole nitrogens is 1. The minimum atomic E-state index is -0.338. The Morgan fingerprint density at radius 1 is 1.32 bits per heavy atom. The lowest BCUT2D eigenvalue weighted by Gasteiger charge is -2.13. The van der Waals surface area contributed by atoms with Gasteiger partial charge in [-0.05, 0) is 47.9 Å². The third-order valence-corrected chi connectivity index (χ3v) is 4.26. The van der Waals surface area contributed by atoms with Gasteiger partial charge in [-0.1, -0.05) is 12.1 Å². The predicted octanol–water partition coefficient (Wildman–Crippen LogP) is 2.95. The maximum absolute atomic E-state index is 12.4. The highest BCUT2D eigenvalue weighted by atomic mass is 32.1. The lowest BCUT2D eigenvalue weighted by molar-refractivity contribution is 0.0939. The van der Waals surface area contributed by atoms with Crippen molar-refractivity contribution in [1.82, 2.24) is 10.3 Å². The van der Waals surface area contributed by atoms with E-state index >= 15 is 0 Å². The fourth-order valence-corrected chi connectivity index (χ4v) is 3.13. The third kappa shape index (κ3) is 2.94. The topological polar surface area (TPSA) is 62.0 Å². The second kappa shape index (κ2) is 6.15. The van der Waals surface area contributed by atoms with Gasteiger partial charge in [0.05, 0.1) is 0 Å². The molecular weight excluding hydrogens is 296 g/mol. The highest BCUT2D eigenvalue weighted by Crippen LogP contribution is 2.10. The van der Waals surface area contributed by atoms with E-state index in [0.29, 0.717) is 5.39 Å². The third-order valence-electron chi connectivity index (χ3n) is 3.53. The first-order chi connectivity index (χ1) is 10.6. The summed E-state index contributed by atoms with van der Waals surface area (Å²) in [5, 5.41) is 7.49. The Morgan fingerprint density at radius 2 is 2.14 bits per heavy atom. The fraction of sp³-hybridized carbons (Fsp3) is 0.176. The number of para-hydroxylation sites is 1. The number of pyridine rings is 1. The number of thiophene rings is 1. The fourth-order valence-electron chi connectivity index (χ4n) is 2.45. The summed E-state index contributed by atoms with van der Waals surface area (Å²) in [6.45, 7) is 1.94. The van der Waals surface area contributed by atoms with Crippen molar-refractivity contribution in [1.29, 1.82) is 0 Å². The van der Waals surface area contributed by atoms with Gasteiger partial charge in [0, 0.05) is 23.1 Å². The average molecular weight is 312 g/mol. The van der Waals surface area contributed by atoms with Crippen molar-refractivity contribution in [2.75, 3.05) is 0 Å². The molecule has 0 radical (unpaired) electrons. The molecule has 0 saturated heterocycles. The molecule has 1 atom stereocenters. The Kier molecular flexibility index (Phi) is 4.06. The van der Waals surface area contributed by atoms with Gasteiger partial charge in [-0.25, -0.2) is 0 Å². The SMILES string of the molecule is C[C@@H](Cc1ccsc1)NC(=O)c1c[nH]c2ccccc2c1=O. The van der Waals surface area contributed by atoms with Crippen LogP contribution in [0, 0.1) is 0 Å². The number of hydrogen-bond donors (Lipinski definition) is 2. The summed E-state index contributed by atoms with van der Waals surface area (Å²) in [6, 6.07) is 9.18. The van der Waals surface area contributed by atoms with Crippen LogP contribution in [0.4, 0.5) is 0 Å². The van der Waals surface area contributed by atoms with Gasteiger partial charge >= 0.3 is 0 Å². The van der Waals surface area contributed by atoms with E-state index in [1.807, 2.05) is 30.5 Å². The Morgan fingerprint density at radius 3 is 2.91 bits per heavy atom. The highest BCUT2D eigenvalue weighted by molar-refractivity contribution is 7.07. The number of nitrogens with one attached hydrogen (secondary N) is 2. The van der Waals surface area contributed by atoms with Crippen molar-refractivity contribution in [3.8, 4) is 0 Å². The van der Waals surface area contributed by atoms with Crippen LogP contribution >= 0.6 is 11.3 Å². The van der Waals surface area contributed by atoms with Crippen molar-refractivity contribution < 1.29 is 4.79 Å². The number of rotatable bonds is 4. The molecule has 2 aromatic heterocycles. The zero-order chi connectivity index (χ0) is 15.5. The number of carbonyl (C=O) groups is 1. The Bertz CT molecular complexity index is 852. The summed E-state index contributed by atoms with van der Waals surface area (Å²) in [7, 11) is 0. The lowest BCUT2D eigenvalue weighted by atomic mass is 10.1. The van der Waals surface area contributed by atoms with Crippen LogP contribution in [0.3, 0.4) is 0 Å². The molecular formula is C17H16N2O2S. The van der Waals surface area contributed by atoms with Crippen molar-refractivity contribution >= 4 is 28.1 Å². The van der Waals surface area contributed by atoms with Crippen molar-refractivity contribution in [2.45, 2.75) is 19.4 Å². The maximum atomic E-state index is 12.4. The number of amides is 1. The number of benzene rings is 1. The van der Waals surface area contributed by atoms with Crippen LogP contribution in [0.1, 0.15) is 22.8 Å². The molecule has 22 heavy (non-hydrogen) atoms. The first-order valence-corrected chi connectivity index (χ1v) is 8.02. The molecule has 0 spiro atoms. The average Bonchev–Trinajstić information content (AvgIpc) is 3.00. The molecule has 3 aromatic rings. The van der Waals surface area contributed by atoms with Crippen LogP contribution in [-0.4, -0.2) is 16.9 Å². The van der Waals surface area contributed by atoms with Crippen LogP contribution in [0.5, 0.6) is 0 Å². The number of aromatic nitrogens is 1. The monoisotopic (exact) mass is 312 g/mol. The van der Waals surface area contributed by atoms with Crippen LogP contribution in [0.15, 0.2) is 52.1 Å². The smallest absolute Gasteiger partial charge is 0.256 e. The van der Waals surface area contributed by atoms with E-state index in [2.05, 4.69) is 15.7 Å². The van der Waals surface area contributed by atoms with E-state index < -0.39 is 0 Å². The summed E-state index contributed by atoms with van der Waals surface area (Å²) in [6.07, 6.45) is 2.23. The van der Waals surface area contributed by atoms with Crippen LogP contribution in [-0.2, 0) is 6.42 Å². The molecule has 0 aliphatic rings. The van der Waals surface area contributed by atoms with Crippen molar-refractivity contribution in [2.24, 2.45) is 0 Å². The molecule has 0 aliphatic carbocycles. The first-order valence-electron chi connectivity index (χ1n) is 7.07. The van der Waals surface area contributed by atoms with Gasteiger partial charge in [0.15, 0.2) is 0 Å². The Hall–Kier alpha value is -2.40. The minimum Gasteiger partial charge on any atom is -0.360 e. The molecule has 0 fully saturated rings. The molecule has 1 aromatic carbocycles. The molecule has 5 heteroatoms. The van der Waals surface area contributed by atoms with Gasteiger partial charge in [-0.15, -0.1) is 0 Å². The number of aromatic amines is 1. The van der Waals surface area contributed by atoms with Gasteiger partial charge in [-0.2, -0.15) is 11.3 Å². The first kappa shape index (κ1) is 14.5. The summed E-state index contributed by atoms with van der Waals surface area (Å²) in [5.41, 5.74) is 1.83. The quantitative estimate of drug-likeness (QED) is 0.778. The van der Waals surface area contributed by atoms with Gasteiger partial charge in [0.1, 0.15) is 5.56 Å². The molecule has 3 rings (SSSR count). The number of carbonyl (C=O) groups excluding carboxylic acids is 1. The predicted molar refractivity (Wildman–Crippen MR) is 89.5 cm³/mol. The van der Waals surface area contributed by atoms with E-state index in [1.54, 1.807) is 23.5 Å². The van der Waals surface area contributed by atoms with E-state index in [1.165, 1.54) is 11.8 Å². The van der Waals surface area contributed by atoms with Crippen LogP contribution in [0.2, 0.25) is 0 Å². The van der Waals surface area contributed by atoms with E-state index in [9.17, 15) is 9.59 Å². The van der Waals surface area contributed by atoms with Crippen molar-refractivity contribution in [3.05, 3.63) is 68.6 Å². The maximum Gasteiger partial charge on any atom is 0.256 e. The molecule has 4 nitrogen and oxygen atoms in total. The minimum absolute atomic E-state index is 0.0343. The molecule has 2 N–H and O–H groups in total. The van der Waals surface area contributed by atoms with E-state index in [4.69, 9.17) is 0 Å². The second-order valence-corrected chi connectivity index (χ2v) is 6.07. The zero-order valence-corrected chi connectivity index (χ0v) is 12.9. The summed E-state index contributed by atoms with van der Waals surface area (Å²) in [5.74, 6) is -0.338. The van der Waals surface area contributed by atoms with E-state index in [-0.39, 0.29) is 22.9 Å². The van der Waals surface area contributed by atoms with E-state index in [0.717, 1.165) is 11.9 Å². The second-order valence-electron chi connectivity index (χ2n) is 5.29. The van der Waals surface area contributed by atoms with Crippen LogP contribution in [0.25, 0.3) is 10.9 Å². The highest BCUT2D eigenvalue weighted by Gasteiger charge is 2.15. The molecule has 0 bridgehead atoms. The summed E-state index contributed by atoms with van der Waals surface area (Å²) < 4.78 is 0. The Balaban J connectivity index is 1.80. The standard InChI is InChI=1S/C17H16N2O2S/c1-11(8-12-6-7-22-10-12)19-17(21)14-9-18-15-5-3-2-4-13(15)16(14)20/h2-7,9-11H,8H2,1H3,(H,18,20)(H,19,21)/t11-/m0/s1. The normalized spacial score (nSPS) is 12.2. The largest absolute Gasteiger partial charge is 0.360 e. The summed E-state index contributed by atoms with van der Waals surface area (Å²) >= 11 is 1.63. The Labute approximate surface area is 131 Å². The zero-order valence-electron chi connectivity index (χ0n) is 12.1. The van der Waals surface area contributed by atoms with Gasteiger partial charge in [0.25, 0.3) is 5.91 Å². The molecule has 0 saturated carbocycles. The summed E-state index contributed by atoms with van der Waals surface area (Å²) in [4.78, 5) is 27.7. The molecule has 0 aliphatic heterocycles. The molecule has 0 unspecified atom stereocenters. The van der Waals surface area contributed by atoms with Crippen molar-refractivity contribution in [3.63, 3.8) is 0 Å². The van der Waals surface area contributed by atoms with Gasteiger partial charge < -0.3 is 10.3 Å². The molecule has 112 valence electrons. The number of fused-ring (bicyclic) bond motifs is 1. The van der Waals surface area contributed by atoms with Gasteiger partial charge in [0.2, 0.25) is 5.43 Å². The van der Waals surface area contributed by atoms with Gasteiger partial charge in [-0.3, -0.25) is 9.59 Å². The molecule has 1 amide bonds.